The van der Waals surface area contributed by atoms with Gasteiger partial charge in [0, 0.05) is 0 Å². The molecule has 0 spiro atoms. The monoisotopic (exact) mass is 278 g/mol. The summed E-state index contributed by atoms with van der Waals surface area (Å²) in [5.41, 5.74) is 2.86. The van der Waals surface area contributed by atoms with Gasteiger partial charge in [-0.2, -0.15) is 0 Å². The smallest absolute Gasteiger partial charge is 0.165 e. The van der Waals surface area contributed by atoms with E-state index in [1.165, 1.54) is 6.07 Å². The first-order valence-corrected chi connectivity index (χ1v) is 6.84. The highest BCUT2D eigenvalue weighted by Gasteiger charge is 2.06. The molecule has 0 amide bonds. The summed E-state index contributed by atoms with van der Waals surface area (Å²) < 4.78 is 19.7. The van der Waals surface area contributed by atoms with Gasteiger partial charge in [-0.25, -0.2) is 4.39 Å². The molecule has 0 atom stereocenters. The Morgan fingerprint density at radius 3 is 2.05 bits per heavy atom. The zero-order valence-electron chi connectivity index (χ0n) is 11.5. The van der Waals surface area contributed by atoms with E-state index in [4.69, 9.17) is 4.74 Å². The molecule has 3 aromatic rings. The molecular formula is C19H15FO. The predicted molar refractivity (Wildman–Crippen MR) is 82.6 cm³/mol. The molecule has 0 heterocycles. The Bertz CT molecular complexity index is 708. The molecule has 0 aliphatic heterocycles. The topological polar surface area (TPSA) is 9.23 Å². The van der Waals surface area contributed by atoms with E-state index in [-0.39, 0.29) is 11.6 Å². The fourth-order valence-corrected chi connectivity index (χ4v) is 2.16. The van der Waals surface area contributed by atoms with Gasteiger partial charge in [-0.3, -0.25) is 0 Å². The summed E-state index contributed by atoms with van der Waals surface area (Å²) in [6.07, 6.45) is 0. The SMILES string of the molecule is Fc1cc(-c2ccccc2)ccc1OCc1ccccc1. The minimum Gasteiger partial charge on any atom is -0.486 e. The van der Waals surface area contributed by atoms with Gasteiger partial charge in [0.1, 0.15) is 6.61 Å². The third-order valence-electron chi connectivity index (χ3n) is 3.28. The first kappa shape index (κ1) is 13.4. The number of hydrogen-bond acceptors (Lipinski definition) is 1. The molecule has 0 saturated heterocycles. The van der Waals surface area contributed by atoms with Gasteiger partial charge in [0.25, 0.3) is 0 Å². The van der Waals surface area contributed by atoms with E-state index in [0.29, 0.717) is 6.61 Å². The second-order valence-electron chi connectivity index (χ2n) is 4.79. The van der Waals surface area contributed by atoms with Crippen molar-refractivity contribution >= 4 is 0 Å². The van der Waals surface area contributed by atoms with Gasteiger partial charge in [0.2, 0.25) is 0 Å². The van der Waals surface area contributed by atoms with Crippen LogP contribution in [0.1, 0.15) is 5.56 Å². The molecule has 3 rings (SSSR count). The molecule has 0 aliphatic rings. The molecule has 0 radical (unpaired) electrons. The highest BCUT2D eigenvalue weighted by atomic mass is 19.1. The Hall–Kier alpha value is -2.61. The quantitative estimate of drug-likeness (QED) is 0.647. The molecule has 21 heavy (non-hydrogen) atoms. The van der Waals surface area contributed by atoms with E-state index < -0.39 is 0 Å². The van der Waals surface area contributed by atoms with E-state index in [0.717, 1.165) is 16.7 Å². The van der Waals surface area contributed by atoms with Crippen molar-refractivity contribution in [3.8, 4) is 16.9 Å². The average molecular weight is 278 g/mol. The Morgan fingerprint density at radius 1 is 0.714 bits per heavy atom. The predicted octanol–water partition coefficient (Wildman–Crippen LogP) is 5.07. The normalized spacial score (nSPS) is 10.3. The molecular weight excluding hydrogens is 263 g/mol. The maximum atomic E-state index is 14.1. The lowest BCUT2D eigenvalue weighted by molar-refractivity contribution is 0.290. The lowest BCUT2D eigenvalue weighted by atomic mass is 10.1. The van der Waals surface area contributed by atoms with Gasteiger partial charge >= 0.3 is 0 Å². The second-order valence-corrected chi connectivity index (χ2v) is 4.79. The fourth-order valence-electron chi connectivity index (χ4n) is 2.16. The van der Waals surface area contributed by atoms with Crippen molar-refractivity contribution in [2.75, 3.05) is 0 Å². The Labute approximate surface area is 123 Å². The molecule has 0 aliphatic carbocycles. The first-order valence-electron chi connectivity index (χ1n) is 6.84. The molecule has 2 heteroatoms. The molecule has 0 aromatic heterocycles. The van der Waals surface area contributed by atoms with Crippen LogP contribution in [0.25, 0.3) is 11.1 Å². The van der Waals surface area contributed by atoms with E-state index in [1.807, 2.05) is 66.7 Å². The summed E-state index contributed by atoms with van der Waals surface area (Å²) in [6, 6.07) is 24.5. The van der Waals surface area contributed by atoms with Crippen molar-refractivity contribution in [2.45, 2.75) is 6.61 Å². The molecule has 0 N–H and O–H groups in total. The number of halogens is 1. The zero-order valence-corrected chi connectivity index (χ0v) is 11.5. The maximum absolute atomic E-state index is 14.1. The van der Waals surface area contributed by atoms with Gasteiger partial charge in [-0.05, 0) is 28.8 Å². The molecule has 0 fully saturated rings. The summed E-state index contributed by atoms with van der Waals surface area (Å²) in [4.78, 5) is 0. The molecule has 0 bridgehead atoms. The summed E-state index contributed by atoms with van der Waals surface area (Å²) in [7, 11) is 0. The van der Waals surface area contributed by atoms with E-state index in [2.05, 4.69) is 0 Å². The van der Waals surface area contributed by atoms with Gasteiger partial charge in [0.05, 0.1) is 0 Å². The maximum Gasteiger partial charge on any atom is 0.165 e. The standard InChI is InChI=1S/C19H15FO/c20-18-13-17(16-9-5-2-6-10-16)11-12-19(18)21-14-15-7-3-1-4-8-15/h1-13H,14H2. The van der Waals surface area contributed by atoms with Gasteiger partial charge in [0.15, 0.2) is 11.6 Å². The summed E-state index contributed by atoms with van der Waals surface area (Å²) in [6.45, 7) is 0.364. The van der Waals surface area contributed by atoms with Gasteiger partial charge in [-0.15, -0.1) is 0 Å². The highest BCUT2D eigenvalue weighted by Crippen LogP contribution is 2.26. The third kappa shape index (κ3) is 3.29. The fraction of sp³-hybridized carbons (Fsp3) is 0.0526. The van der Waals surface area contributed by atoms with Crippen LogP contribution in [0.4, 0.5) is 4.39 Å². The van der Waals surface area contributed by atoms with Crippen molar-refractivity contribution in [1.29, 1.82) is 0 Å². The summed E-state index contributed by atoms with van der Waals surface area (Å²) in [5, 5.41) is 0. The van der Waals surface area contributed by atoms with Gasteiger partial charge in [-0.1, -0.05) is 66.7 Å². The summed E-state index contributed by atoms with van der Waals surface area (Å²) >= 11 is 0. The van der Waals surface area contributed by atoms with E-state index in [9.17, 15) is 4.39 Å². The van der Waals surface area contributed by atoms with Crippen molar-refractivity contribution in [1.82, 2.24) is 0 Å². The van der Waals surface area contributed by atoms with E-state index >= 15 is 0 Å². The van der Waals surface area contributed by atoms with Crippen LogP contribution in [-0.2, 0) is 6.61 Å². The van der Waals surface area contributed by atoms with Crippen molar-refractivity contribution < 1.29 is 9.13 Å². The molecule has 0 unspecified atom stereocenters. The van der Waals surface area contributed by atoms with Crippen LogP contribution < -0.4 is 4.74 Å². The van der Waals surface area contributed by atoms with Crippen LogP contribution in [0.15, 0.2) is 78.9 Å². The van der Waals surface area contributed by atoms with Crippen LogP contribution >= 0.6 is 0 Å². The summed E-state index contributed by atoms with van der Waals surface area (Å²) in [5.74, 6) is -0.0641. The number of hydrogen-bond donors (Lipinski definition) is 0. The van der Waals surface area contributed by atoms with Crippen LogP contribution in [0.2, 0.25) is 0 Å². The van der Waals surface area contributed by atoms with Gasteiger partial charge < -0.3 is 4.74 Å². The first-order chi connectivity index (χ1) is 10.3. The largest absolute Gasteiger partial charge is 0.486 e. The molecule has 3 aromatic carbocycles. The average Bonchev–Trinajstić information content (AvgIpc) is 2.55. The molecule has 1 nitrogen and oxygen atoms in total. The number of benzene rings is 3. The van der Waals surface area contributed by atoms with Crippen LogP contribution in [0.3, 0.4) is 0 Å². The minimum absolute atomic E-state index is 0.276. The van der Waals surface area contributed by atoms with Crippen molar-refractivity contribution in [3.05, 3.63) is 90.2 Å². The molecule has 0 saturated carbocycles. The number of rotatable bonds is 4. The van der Waals surface area contributed by atoms with Crippen LogP contribution in [0, 0.1) is 5.82 Å². The Balaban J connectivity index is 1.76. The zero-order chi connectivity index (χ0) is 14.5. The lowest BCUT2D eigenvalue weighted by Gasteiger charge is -2.09. The number of ether oxygens (including phenoxy) is 1. The van der Waals surface area contributed by atoms with E-state index in [1.54, 1.807) is 6.07 Å². The molecule has 104 valence electrons. The van der Waals surface area contributed by atoms with Crippen LogP contribution in [-0.4, -0.2) is 0 Å². The Kier molecular flexibility index (Phi) is 3.97. The highest BCUT2D eigenvalue weighted by molar-refractivity contribution is 5.64. The van der Waals surface area contributed by atoms with Crippen LogP contribution in [0.5, 0.6) is 5.75 Å². The van der Waals surface area contributed by atoms with Crippen molar-refractivity contribution in [3.63, 3.8) is 0 Å². The lowest BCUT2D eigenvalue weighted by Crippen LogP contribution is -1.97. The third-order valence-corrected chi connectivity index (χ3v) is 3.28. The minimum atomic E-state index is -0.340. The Morgan fingerprint density at radius 2 is 1.38 bits per heavy atom. The van der Waals surface area contributed by atoms with Crippen molar-refractivity contribution in [2.24, 2.45) is 0 Å². The second kappa shape index (κ2) is 6.23.